The van der Waals surface area contributed by atoms with E-state index in [1.807, 2.05) is 56.3 Å². The molecule has 2 aromatic rings. The van der Waals surface area contributed by atoms with Crippen molar-refractivity contribution in [2.45, 2.75) is 18.7 Å². The number of rotatable bonds is 3. The third-order valence-electron chi connectivity index (χ3n) is 3.01. The molecule has 0 aromatic heterocycles. The van der Waals surface area contributed by atoms with Crippen molar-refractivity contribution < 1.29 is 4.79 Å². The Kier molecular flexibility index (Phi) is 5.00. The summed E-state index contributed by atoms with van der Waals surface area (Å²) >= 11 is 6.98. The van der Waals surface area contributed by atoms with Crippen LogP contribution in [-0.2, 0) is 0 Å². The van der Waals surface area contributed by atoms with E-state index in [0.29, 0.717) is 5.56 Å². The first kappa shape index (κ1) is 15.3. The second-order valence-corrected chi connectivity index (χ2v) is 6.87. The molecule has 2 rings (SSSR count). The highest BCUT2D eigenvalue weighted by Crippen LogP contribution is 2.29. The Balaban J connectivity index is 2.28. The Labute approximate surface area is 135 Å². The topological polar surface area (TPSA) is 29.1 Å². The summed E-state index contributed by atoms with van der Waals surface area (Å²) in [5, 5.41) is 2.97. The van der Waals surface area contributed by atoms with Crippen molar-refractivity contribution in [3.63, 3.8) is 0 Å². The predicted octanol–water partition coefficient (Wildman–Crippen LogP) is 5.47. The largest absolute Gasteiger partial charge is 0.322 e. The second-order valence-electron chi connectivity index (χ2n) is 4.64. The normalized spacial score (nSPS) is 12.0. The average molecular weight is 397 g/mol. The number of carbonyl (C=O) groups is 1. The summed E-state index contributed by atoms with van der Waals surface area (Å²) in [5.74, 6) is -0.113. The summed E-state index contributed by atoms with van der Waals surface area (Å²) < 4.78 is 0.805. The lowest BCUT2D eigenvalue weighted by atomic mass is 10.1. The lowest BCUT2D eigenvalue weighted by Gasteiger charge is -2.13. The first-order valence-corrected chi connectivity index (χ1v) is 8.00. The molecule has 1 N–H and O–H groups in total. The molecule has 0 aliphatic carbocycles. The summed E-state index contributed by atoms with van der Waals surface area (Å²) in [6.45, 7) is 4.03. The van der Waals surface area contributed by atoms with E-state index in [4.69, 9.17) is 0 Å². The zero-order chi connectivity index (χ0) is 14.7. The molecule has 1 atom stereocenters. The molecule has 0 spiro atoms. The Hall–Kier alpha value is -1.13. The second kappa shape index (κ2) is 6.55. The Morgan fingerprint density at radius 3 is 2.55 bits per heavy atom. The third kappa shape index (κ3) is 3.49. The van der Waals surface area contributed by atoms with E-state index in [1.54, 1.807) is 0 Å². The zero-order valence-electron chi connectivity index (χ0n) is 11.3. The Bertz CT molecular complexity index is 638. The zero-order valence-corrected chi connectivity index (χ0v) is 14.5. The smallest absolute Gasteiger partial charge is 0.256 e. The van der Waals surface area contributed by atoms with E-state index in [-0.39, 0.29) is 10.7 Å². The molecule has 0 radical (unpaired) electrons. The number of carbonyl (C=O) groups excluding carboxylic acids is 1. The van der Waals surface area contributed by atoms with Gasteiger partial charge in [-0.05, 0) is 59.1 Å². The minimum atomic E-state index is -0.113. The van der Waals surface area contributed by atoms with Crippen molar-refractivity contribution in [3.8, 4) is 0 Å². The molecule has 104 valence electrons. The maximum Gasteiger partial charge on any atom is 0.256 e. The number of hydrogen-bond donors (Lipinski definition) is 1. The quantitative estimate of drug-likeness (QED) is 0.685. The van der Waals surface area contributed by atoms with Crippen molar-refractivity contribution in [1.29, 1.82) is 0 Å². The van der Waals surface area contributed by atoms with Gasteiger partial charge in [0, 0.05) is 15.0 Å². The van der Waals surface area contributed by atoms with Crippen LogP contribution in [0.1, 0.15) is 33.2 Å². The number of benzene rings is 2. The summed E-state index contributed by atoms with van der Waals surface area (Å²) in [7, 11) is 0. The predicted molar refractivity (Wildman–Crippen MR) is 90.6 cm³/mol. The van der Waals surface area contributed by atoms with Gasteiger partial charge in [0.25, 0.3) is 5.91 Å². The van der Waals surface area contributed by atoms with E-state index in [2.05, 4.69) is 37.2 Å². The fourth-order valence-corrected chi connectivity index (χ4v) is 3.02. The van der Waals surface area contributed by atoms with E-state index in [1.165, 1.54) is 0 Å². The van der Waals surface area contributed by atoms with Crippen LogP contribution in [-0.4, -0.2) is 5.91 Å². The molecule has 0 fully saturated rings. The van der Waals surface area contributed by atoms with E-state index < -0.39 is 0 Å². The molecule has 1 unspecified atom stereocenters. The number of alkyl halides is 1. The van der Waals surface area contributed by atoms with Gasteiger partial charge >= 0.3 is 0 Å². The number of nitrogens with one attached hydrogen (secondary N) is 1. The first-order valence-electron chi connectivity index (χ1n) is 6.29. The van der Waals surface area contributed by atoms with Crippen molar-refractivity contribution in [3.05, 3.63) is 63.6 Å². The standard InChI is InChI=1S/C16H15Br2NO/c1-10-7-8-13(14(18)9-10)16(20)19-15-6-4-3-5-12(15)11(2)17/h3-9,11H,1-2H3,(H,19,20). The van der Waals surface area contributed by atoms with Gasteiger partial charge in [0.15, 0.2) is 0 Å². The maximum atomic E-state index is 12.4. The number of para-hydroxylation sites is 1. The molecule has 0 bridgehead atoms. The Morgan fingerprint density at radius 2 is 1.90 bits per heavy atom. The van der Waals surface area contributed by atoms with Gasteiger partial charge in [-0.2, -0.15) is 0 Å². The van der Waals surface area contributed by atoms with Gasteiger partial charge in [0.05, 0.1) is 5.56 Å². The number of hydrogen-bond acceptors (Lipinski definition) is 1. The molecule has 0 heterocycles. The van der Waals surface area contributed by atoms with Gasteiger partial charge < -0.3 is 5.32 Å². The average Bonchev–Trinajstić information content (AvgIpc) is 2.38. The summed E-state index contributed by atoms with van der Waals surface area (Å²) in [4.78, 5) is 12.5. The molecule has 1 amide bonds. The van der Waals surface area contributed by atoms with Crippen LogP contribution >= 0.6 is 31.9 Å². The summed E-state index contributed by atoms with van der Waals surface area (Å²) in [6, 6.07) is 13.5. The monoisotopic (exact) mass is 395 g/mol. The Morgan fingerprint density at radius 1 is 1.20 bits per heavy atom. The molecule has 2 nitrogen and oxygen atoms in total. The van der Waals surface area contributed by atoms with Crippen LogP contribution in [0, 0.1) is 6.92 Å². The minimum absolute atomic E-state index is 0.113. The fraction of sp³-hybridized carbons (Fsp3) is 0.188. The fourth-order valence-electron chi connectivity index (χ4n) is 1.95. The van der Waals surface area contributed by atoms with Crippen LogP contribution in [0.25, 0.3) is 0 Å². The van der Waals surface area contributed by atoms with Crippen LogP contribution in [0.3, 0.4) is 0 Å². The van der Waals surface area contributed by atoms with Crippen LogP contribution in [0.5, 0.6) is 0 Å². The number of aryl methyl sites for hydroxylation is 1. The van der Waals surface area contributed by atoms with Gasteiger partial charge in [-0.1, -0.05) is 40.2 Å². The molecule has 4 heteroatoms. The minimum Gasteiger partial charge on any atom is -0.322 e. The van der Waals surface area contributed by atoms with Crippen LogP contribution in [0.15, 0.2) is 46.9 Å². The molecule has 0 aliphatic heterocycles. The van der Waals surface area contributed by atoms with Gasteiger partial charge in [0.2, 0.25) is 0 Å². The van der Waals surface area contributed by atoms with Crippen molar-refractivity contribution >= 4 is 43.5 Å². The van der Waals surface area contributed by atoms with Gasteiger partial charge in [-0.25, -0.2) is 0 Å². The summed E-state index contributed by atoms with van der Waals surface area (Å²) in [5.41, 5.74) is 3.63. The molecule has 0 aliphatic rings. The van der Waals surface area contributed by atoms with Crippen LogP contribution in [0.4, 0.5) is 5.69 Å². The van der Waals surface area contributed by atoms with Gasteiger partial charge in [-0.15, -0.1) is 0 Å². The molecule has 20 heavy (non-hydrogen) atoms. The highest BCUT2D eigenvalue weighted by Gasteiger charge is 2.13. The highest BCUT2D eigenvalue weighted by atomic mass is 79.9. The third-order valence-corrected chi connectivity index (χ3v) is 4.16. The lowest BCUT2D eigenvalue weighted by molar-refractivity contribution is 0.102. The van der Waals surface area contributed by atoms with Crippen LogP contribution in [0.2, 0.25) is 0 Å². The van der Waals surface area contributed by atoms with E-state index in [9.17, 15) is 4.79 Å². The lowest BCUT2D eigenvalue weighted by Crippen LogP contribution is -2.14. The maximum absolute atomic E-state index is 12.4. The molecular weight excluding hydrogens is 382 g/mol. The highest BCUT2D eigenvalue weighted by molar-refractivity contribution is 9.10. The van der Waals surface area contributed by atoms with Crippen molar-refractivity contribution in [1.82, 2.24) is 0 Å². The van der Waals surface area contributed by atoms with Crippen LogP contribution < -0.4 is 5.32 Å². The van der Waals surface area contributed by atoms with Crippen molar-refractivity contribution in [2.24, 2.45) is 0 Å². The van der Waals surface area contributed by atoms with E-state index >= 15 is 0 Å². The first-order chi connectivity index (χ1) is 9.49. The van der Waals surface area contributed by atoms with Gasteiger partial charge in [-0.3, -0.25) is 4.79 Å². The molecular formula is C16H15Br2NO. The molecule has 0 saturated heterocycles. The number of halogens is 2. The molecule has 2 aromatic carbocycles. The number of amides is 1. The molecule has 0 saturated carbocycles. The van der Waals surface area contributed by atoms with E-state index in [0.717, 1.165) is 21.3 Å². The summed E-state index contributed by atoms with van der Waals surface area (Å²) in [6.07, 6.45) is 0. The van der Waals surface area contributed by atoms with Gasteiger partial charge in [0.1, 0.15) is 0 Å². The number of anilines is 1. The van der Waals surface area contributed by atoms with Crippen molar-refractivity contribution in [2.75, 3.05) is 5.32 Å². The SMILES string of the molecule is Cc1ccc(C(=O)Nc2ccccc2C(C)Br)c(Br)c1.